The molecule has 0 saturated carbocycles. The van der Waals surface area contributed by atoms with Crippen LogP contribution in [-0.4, -0.2) is 54.6 Å². The monoisotopic (exact) mass is 405 g/mol. The second-order valence-corrected chi connectivity index (χ2v) is 8.19. The predicted octanol–water partition coefficient (Wildman–Crippen LogP) is 2.04. The Kier molecular flexibility index (Phi) is 5.61. The number of amides is 1. The molecule has 1 saturated heterocycles. The zero-order valence-electron chi connectivity index (χ0n) is 15.1. The molecule has 0 spiro atoms. The summed E-state index contributed by atoms with van der Waals surface area (Å²) >= 11 is 0. The zero-order valence-corrected chi connectivity index (χ0v) is 16.0. The summed E-state index contributed by atoms with van der Waals surface area (Å²) < 4.78 is 32.2. The van der Waals surface area contributed by atoms with E-state index in [0.29, 0.717) is 11.3 Å². The van der Waals surface area contributed by atoms with Gasteiger partial charge in [-0.25, -0.2) is 8.42 Å². The van der Waals surface area contributed by atoms with Crippen LogP contribution in [0.25, 0.3) is 6.08 Å². The molecule has 0 N–H and O–H groups in total. The normalized spacial score (nSPS) is 15.8. The summed E-state index contributed by atoms with van der Waals surface area (Å²) in [5.41, 5.74) is 0.159. The molecule has 1 aliphatic rings. The number of furan rings is 1. The molecule has 10 heteroatoms. The molecule has 0 atom stereocenters. The van der Waals surface area contributed by atoms with Gasteiger partial charge in [-0.2, -0.15) is 4.31 Å². The highest BCUT2D eigenvalue weighted by Gasteiger charge is 2.31. The fourth-order valence-corrected chi connectivity index (χ4v) is 4.58. The van der Waals surface area contributed by atoms with E-state index in [9.17, 15) is 23.3 Å². The summed E-state index contributed by atoms with van der Waals surface area (Å²) in [6.07, 6.45) is 4.44. The number of carbonyl (C=O) groups is 1. The number of nitro groups is 1. The van der Waals surface area contributed by atoms with Gasteiger partial charge in [-0.15, -0.1) is 0 Å². The van der Waals surface area contributed by atoms with Gasteiger partial charge in [0.05, 0.1) is 16.1 Å². The molecule has 3 rings (SSSR count). The first kappa shape index (κ1) is 19.8. The van der Waals surface area contributed by atoms with Crippen LogP contribution in [-0.2, 0) is 14.8 Å². The topological polar surface area (TPSA) is 114 Å². The van der Waals surface area contributed by atoms with Crippen LogP contribution in [0.2, 0.25) is 0 Å². The van der Waals surface area contributed by atoms with Crippen molar-refractivity contribution >= 4 is 27.7 Å². The molecule has 148 valence electrons. The van der Waals surface area contributed by atoms with Gasteiger partial charge in [0.25, 0.3) is 5.69 Å². The third kappa shape index (κ3) is 4.12. The highest BCUT2D eigenvalue weighted by atomic mass is 32.2. The lowest BCUT2D eigenvalue weighted by Gasteiger charge is -2.33. The number of aryl methyl sites for hydroxylation is 1. The molecule has 1 aliphatic heterocycles. The van der Waals surface area contributed by atoms with E-state index >= 15 is 0 Å². The predicted molar refractivity (Wildman–Crippen MR) is 101 cm³/mol. The molecule has 2 heterocycles. The molecule has 1 aromatic heterocycles. The number of carbonyl (C=O) groups excluding carboxylic acids is 1. The molecule has 1 aromatic carbocycles. The molecule has 0 unspecified atom stereocenters. The number of nitro benzene ring substituents is 1. The van der Waals surface area contributed by atoms with Crippen LogP contribution < -0.4 is 0 Å². The molecule has 1 fully saturated rings. The van der Waals surface area contributed by atoms with Crippen LogP contribution in [0.4, 0.5) is 5.69 Å². The van der Waals surface area contributed by atoms with E-state index in [-0.39, 0.29) is 42.7 Å². The van der Waals surface area contributed by atoms with Crippen molar-refractivity contribution in [1.82, 2.24) is 9.21 Å². The number of hydrogen-bond acceptors (Lipinski definition) is 6. The Morgan fingerprint density at radius 1 is 1.21 bits per heavy atom. The molecule has 28 heavy (non-hydrogen) atoms. The first-order valence-electron chi connectivity index (χ1n) is 8.55. The summed E-state index contributed by atoms with van der Waals surface area (Å²) in [6.45, 7) is 2.29. The average molecular weight is 405 g/mol. The maximum atomic E-state index is 12.9. The lowest BCUT2D eigenvalue weighted by molar-refractivity contribution is -0.385. The van der Waals surface area contributed by atoms with E-state index in [1.807, 2.05) is 0 Å². The van der Waals surface area contributed by atoms with E-state index in [2.05, 4.69) is 0 Å². The Hall–Kier alpha value is -2.98. The SMILES string of the molecule is Cc1ccc([N+](=O)[O-])cc1S(=O)(=O)N1CCN(C(=O)/C=C/c2ccco2)CC1. The van der Waals surface area contributed by atoms with Crippen LogP contribution in [0.1, 0.15) is 11.3 Å². The largest absolute Gasteiger partial charge is 0.465 e. The van der Waals surface area contributed by atoms with Gasteiger partial charge in [-0.1, -0.05) is 6.07 Å². The molecular weight excluding hydrogens is 386 g/mol. The third-order valence-corrected chi connectivity index (χ3v) is 6.52. The molecular formula is C18H19N3O6S. The first-order valence-corrected chi connectivity index (χ1v) is 9.99. The molecule has 1 amide bonds. The summed E-state index contributed by atoms with van der Waals surface area (Å²) in [7, 11) is -3.89. The number of hydrogen-bond donors (Lipinski definition) is 0. The first-order chi connectivity index (χ1) is 13.3. The van der Waals surface area contributed by atoms with Crippen molar-refractivity contribution < 1.29 is 22.6 Å². The Bertz CT molecular complexity index is 1010. The van der Waals surface area contributed by atoms with Crippen molar-refractivity contribution in [3.63, 3.8) is 0 Å². The van der Waals surface area contributed by atoms with Crippen LogP contribution in [0.15, 0.2) is 52.0 Å². The van der Waals surface area contributed by atoms with E-state index in [1.165, 1.54) is 28.8 Å². The summed E-state index contributed by atoms with van der Waals surface area (Å²) in [5.74, 6) is 0.315. The maximum absolute atomic E-state index is 12.9. The van der Waals surface area contributed by atoms with Gasteiger partial charge in [0.15, 0.2) is 0 Å². The van der Waals surface area contributed by atoms with E-state index in [1.54, 1.807) is 30.0 Å². The van der Waals surface area contributed by atoms with Crippen molar-refractivity contribution in [3.05, 3.63) is 64.1 Å². The van der Waals surface area contributed by atoms with Crippen molar-refractivity contribution in [3.8, 4) is 0 Å². The number of nitrogens with zero attached hydrogens (tertiary/aromatic N) is 3. The van der Waals surface area contributed by atoms with Gasteiger partial charge in [0, 0.05) is 44.4 Å². The maximum Gasteiger partial charge on any atom is 0.270 e. The minimum Gasteiger partial charge on any atom is -0.465 e. The second-order valence-electron chi connectivity index (χ2n) is 6.29. The van der Waals surface area contributed by atoms with Crippen LogP contribution in [0, 0.1) is 17.0 Å². The van der Waals surface area contributed by atoms with Gasteiger partial charge in [-0.05, 0) is 30.7 Å². The standard InChI is InChI=1S/C18H19N3O6S/c1-14-4-5-15(21(23)24)13-17(14)28(25,26)20-10-8-19(9-11-20)18(22)7-6-16-3-2-12-27-16/h2-7,12-13H,8-11H2,1H3/b7-6+. The highest BCUT2D eigenvalue weighted by Crippen LogP contribution is 2.25. The minimum absolute atomic E-state index is 0.0841. The highest BCUT2D eigenvalue weighted by molar-refractivity contribution is 7.89. The average Bonchev–Trinajstić information content (AvgIpc) is 3.20. The lowest BCUT2D eigenvalue weighted by Crippen LogP contribution is -2.50. The van der Waals surface area contributed by atoms with E-state index < -0.39 is 14.9 Å². The Morgan fingerprint density at radius 3 is 2.54 bits per heavy atom. The molecule has 0 aliphatic carbocycles. The van der Waals surface area contributed by atoms with Crippen LogP contribution >= 0.6 is 0 Å². The van der Waals surface area contributed by atoms with Crippen molar-refractivity contribution in [2.24, 2.45) is 0 Å². The number of piperazine rings is 1. The van der Waals surface area contributed by atoms with Gasteiger partial charge < -0.3 is 9.32 Å². The number of non-ortho nitro benzene ring substituents is 1. The molecule has 0 radical (unpaired) electrons. The summed E-state index contributed by atoms with van der Waals surface area (Å²) in [4.78, 5) is 24.1. The van der Waals surface area contributed by atoms with Crippen LogP contribution in [0.3, 0.4) is 0 Å². The van der Waals surface area contributed by atoms with Gasteiger partial charge >= 0.3 is 0 Å². The number of benzene rings is 1. The molecule has 9 nitrogen and oxygen atoms in total. The van der Waals surface area contributed by atoms with Gasteiger partial charge in [0.2, 0.25) is 15.9 Å². The van der Waals surface area contributed by atoms with Crippen molar-refractivity contribution in [2.75, 3.05) is 26.2 Å². The Balaban J connectivity index is 1.69. The van der Waals surface area contributed by atoms with E-state index in [0.717, 1.165) is 6.07 Å². The van der Waals surface area contributed by atoms with Gasteiger partial charge in [0.1, 0.15) is 5.76 Å². The van der Waals surface area contributed by atoms with E-state index in [4.69, 9.17) is 4.42 Å². The second kappa shape index (κ2) is 7.95. The number of sulfonamides is 1. The van der Waals surface area contributed by atoms with Crippen molar-refractivity contribution in [1.29, 1.82) is 0 Å². The minimum atomic E-state index is -3.89. The van der Waals surface area contributed by atoms with Crippen molar-refractivity contribution in [2.45, 2.75) is 11.8 Å². The van der Waals surface area contributed by atoms with Gasteiger partial charge in [-0.3, -0.25) is 14.9 Å². The molecule has 2 aromatic rings. The quantitative estimate of drug-likeness (QED) is 0.427. The Morgan fingerprint density at radius 2 is 1.93 bits per heavy atom. The fourth-order valence-electron chi connectivity index (χ4n) is 2.91. The molecule has 0 bridgehead atoms. The third-order valence-electron chi connectivity index (χ3n) is 4.48. The summed E-state index contributed by atoms with van der Waals surface area (Å²) in [6, 6.07) is 7.20. The Labute approximate surface area is 162 Å². The number of rotatable bonds is 5. The fraction of sp³-hybridized carbons (Fsp3) is 0.278. The zero-order chi connectivity index (χ0) is 20.3. The lowest BCUT2D eigenvalue weighted by atomic mass is 10.2. The summed E-state index contributed by atoms with van der Waals surface area (Å²) in [5, 5.41) is 11.0. The van der Waals surface area contributed by atoms with Crippen LogP contribution in [0.5, 0.6) is 0 Å². The smallest absolute Gasteiger partial charge is 0.270 e.